The summed E-state index contributed by atoms with van der Waals surface area (Å²) in [5, 5.41) is 13.2. The van der Waals surface area contributed by atoms with Crippen LogP contribution in [0.15, 0.2) is 29.2 Å². The Bertz CT molecular complexity index is 1100. The van der Waals surface area contributed by atoms with Gasteiger partial charge < -0.3 is 5.32 Å². The third-order valence-corrected chi connectivity index (χ3v) is 8.31. The van der Waals surface area contributed by atoms with Gasteiger partial charge in [-0.25, -0.2) is 18.2 Å². The molecule has 0 atom stereocenters. The average molecular weight is 488 g/mol. The Morgan fingerprint density at radius 2 is 1.71 bits per heavy atom. The number of likely N-dealkylation sites (tertiary alicyclic amines) is 1. The van der Waals surface area contributed by atoms with Crippen LogP contribution in [-0.4, -0.2) is 48.1 Å². The van der Waals surface area contributed by atoms with Gasteiger partial charge in [-0.15, -0.1) is 0 Å². The van der Waals surface area contributed by atoms with Crippen LogP contribution in [0.1, 0.15) is 68.3 Å². The molecule has 0 bridgehead atoms. The van der Waals surface area contributed by atoms with Gasteiger partial charge in [-0.1, -0.05) is 19.3 Å². The molecule has 0 spiro atoms. The normalized spacial score (nSPS) is 18.8. The van der Waals surface area contributed by atoms with E-state index in [4.69, 9.17) is 10.2 Å². The molecule has 2 aliphatic rings. The van der Waals surface area contributed by atoms with Crippen molar-refractivity contribution >= 4 is 15.9 Å². The second-order valence-electron chi connectivity index (χ2n) is 9.93. The van der Waals surface area contributed by atoms with E-state index < -0.39 is 10.0 Å². The number of piperidine rings is 1. The monoisotopic (exact) mass is 487 g/mol. The molecule has 2 heterocycles. The molecule has 3 N–H and O–H groups in total. The fraction of sp³-hybridized carbons (Fsp3) is 0.600. The molecule has 1 aliphatic carbocycles. The number of primary sulfonamides is 1. The maximum Gasteiger partial charge on any atom is 0.238 e. The second kappa shape index (κ2) is 10.6. The molecule has 1 saturated carbocycles. The highest BCUT2D eigenvalue weighted by molar-refractivity contribution is 7.89. The number of aromatic nitrogens is 2. The van der Waals surface area contributed by atoms with Crippen LogP contribution in [0.2, 0.25) is 0 Å². The van der Waals surface area contributed by atoms with Crippen molar-refractivity contribution in [3.8, 4) is 5.69 Å². The molecule has 0 radical (unpaired) electrons. The van der Waals surface area contributed by atoms with Gasteiger partial charge in [0.2, 0.25) is 15.9 Å². The molecule has 2 aromatic rings. The van der Waals surface area contributed by atoms with Gasteiger partial charge in [0.15, 0.2) is 0 Å². The number of nitrogens with two attached hydrogens (primary N) is 1. The number of sulfonamides is 1. The largest absolute Gasteiger partial charge is 0.353 e. The maximum absolute atomic E-state index is 12.5. The van der Waals surface area contributed by atoms with E-state index in [1.54, 1.807) is 12.1 Å². The molecule has 9 heteroatoms. The van der Waals surface area contributed by atoms with E-state index >= 15 is 0 Å². The standard InChI is InChI=1S/C25H37N5O3S/c1-18-24(19(2)30(28-18)22-8-10-23(11-9-22)34(26,32)33)17-29-14-12-21(13-15-29)27-25(31)16-20-6-4-3-5-7-20/h8-11,20-21H,3-7,12-17H2,1-2H3,(H,27,31)(H2,26,32,33). The Kier molecular flexibility index (Phi) is 7.74. The molecule has 1 aromatic carbocycles. The molecule has 1 amide bonds. The van der Waals surface area contributed by atoms with Gasteiger partial charge in [0.25, 0.3) is 0 Å². The summed E-state index contributed by atoms with van der Waals surface area (Å²) in [5.74, 6) is 0.805. The number of rotatable bonds is 7. The van der Waals surface area contributed by atoms with Gasteiger partial charge in [0.1, 0.15) is 0 Å². The van der Waals surface area contributed by atoms with Gasteiger partial charge in [0.05, 0.1) is 16.3 Å². The predicted octanol–water partition coefficient (Wildman–Crippen LogP) is 3.19. The summed E-state index contributed by atoms with van der Waals surface area (Å²) in [6.07, 6.45) is 8.90. The van der Waals surface area contributed by atoms with Crippen molar-refractivity contribution in [1.29, 1.82) is 0 Å². The summed E-state index contributed by atoms with van der Waals surface area (Å²) in [7, 11) is -3.72. The summed E-state index contributed by atoms with van der Waals surface area (Å²) >= 11 is 0. The molecule has 2 fully saturated rings. The molecule has 8 nitrogen and oxygen atoms in total. The Morgan fingerprint density at radius 3 is 2.32 bits per heavy atom. The average Bonchev–Trinajstić information content (AvgIpc) is 3.09. The Hall–Kier alpha value is -2.23. The van der Waals surface area contributed by atoms with Crippen LogP contribution >= 0.6 is 0 Å². The lowest BCUT2D eigenvalue weighted by Crippen LogP contribution is -2.44. The van der Waals surface area contributed by atoms with Crippen LogP contribution in [0.3, 0.4) is 0 Å². The number of carbonyl (C=O) groups excluding carboxylic acids is 1. The molecule has 34 heavy (non-hydrogen) atoms. The van der Waals surface area contributed by atoms with Gasteiger partial charge in [-0.3, -0.25) is 9.69 Å². The van der Waals surface area contributed by atoms with E-state index in [0.717, 1.165) is 49.6 Å². The molecule has 1 saturated heterocycles. The fourth-order valence-electron chi connectivity index (χ4n) is 5.33. The summed E-state index contributed by atoms with van der Waals surface area (Å²) in [6.45, 7) is 6.76. The zero-order chi connectivity index (χ0) is 24.3. The van der Waals surface area contributed by atoms with E-state index in [1.807, 2.05) is 18.5 Å². The van der Waals surface area contributed by atoms with E-state index in [-0.39, 0.29) is 16.8 Å². The van der Waals surface area contributed by atoms with Gasteiger partial charge in [-0.2, -0.15) is 5.10 Å². The number of amides is 1. The SMILES string of the molecule is Cc1nn(-c2ccc(S(N)(=O)=O)cc2)c(C)c1CN1CCC(NC(=O)CC2CCCCC2)CC1. The van der Waals surface area contributed by atoms with E-state index in [0.29, 0.717) is 12.3 Å². The number of benzene rings is 1. The smallest absolute Gasteiger partial charge is 0.238 e. The fourth-order valence-corrected chi connectivity index (χ4v) is 5.85. The lowest BCUT2D eigenvalue weighted by Gasteiger charge is -2.33. The summed E-state index contributed by atoms with van der Waals surface area (Å²) < 4.78 is 24.9. The van der Waals surface area contributed by atoms with Gasteiger partial charge >= 0.3 is 0 Å². The Labute approximate surface area is 202 Å². The minimum atomic E-state index is -3.72. The van der Waals surface area contributed by atoms with Crippen molar-refractivity contribution in [3.05, 3.63) is 41.2 Å². The third kappa shape index (κ3) is 6.06. The number of hydrogen-bond acceptors (Lipinski definition) is 5. The number of hydrogen-bond donors (Lipinski definition) is 2. The number of carbonyl (C=O) groups is 1. The predicted molar refractivity (Wildman–Crippen MR) is 132 cm³/mol. The second-order valence-corrected chi connectivity index (χ2v) is 11.5. The first-order chi connectivity index (χ1) is 16.2. The van der Waals surface area contributed by atoms with E-state index in [1.165, 1.54) is 49.8 Å². The molecule has 4 rings (SSSR count). The number of nitrogens with one attached hydrogen (secondary N) is 1. The van der Waals surface area contributed by atoms with Crippen molar-refractivity contribution in [2.45, 2.75) is 82.7 Å². The molecule has 1 aliphatic heterocycles. The first kappa shape index (κ1) is 24.9. The van der Waals surface area contributed by atoms with Crippen LogP contribution in [0.5, 0.6) is 0 Å². The quantitative estimate of drug-likeness (QED) is 0.623. The highest BCUT2D eigenvalue weighted by Crippen LogP contribution is 2.27. The molecule has 186 valence electrons. The van der Waals surface area contributed by atoms with Gasteiger partial charge in [0, 0.05) is 43.4 Å². The topological polar surface area (TPSA) is 110 Å². The third-order valence-electron chi connectivity index (χ3n) is 7.38. The van der Waals surface area contributed by atoms with E-state index in [2.05, 4.69) is 10.2 Å². The van der Waals surface area contributed by atoms with Crippen molar-refractivity contribution in [3.63, 3.8) is 0 Å². The van der Waals surface area contributed by atoms with Crippen LogP contribution in [0.25, 0.3) is 5.69 Å². The summed E-state index contributed by atoms with van der Waals surface area (Å²) in [6, 6.07) is 6.74. The highest BCUT2D eigenvalue weighted by Gasteiger charge is 2.24. The Balaban J connectivity index is 1.32. The summed E-state index contributed by atoms with van der Waals surface area (Å²) in [5.41, 5.74) is 4.01. The minimum Gasteiger partial charge on any atom is -0.353 e. The molecular weight excluding hydrogens is 450 g/mol. The first-order valence-electron chi connectivity index (χ1n) is 12.4. The van der Waals surface area contributed by atoms with Crippen molar-refractivity contribution in [1.82, 2.24) is 20.0 Å². The van der Waals surface area contributed by atoms with Crippen molar-refractivity contribution in [2.24, 2.45) is 11.1 Å². The zero-order valence-corrected chi connectivity index (χ0v) is 21.1. The van der Waals surface area contributed by atoms with Crippen LogP contribution < -0.4 is 10.5 Å². The van der Waals surface area contributed by atoms with Crippen LogP contribution in [0, 0.1) is 19.8 Å². The van der Waals surface area contributed by atoms with Crippen molar-refractivity contribution < 1.29 is 13.2 Å². The lowest BCUT2D eigenvalue weighted by atomic mass is 9.86. The molecule has 1 aromatic heterocycles. The minimum absolute atomic E-state index is 0.0895. The maximum atomic E-state index is 12.5. The van der Waals surface area contributed by atoms with Gasteiger partial charge in [-0.05, 0) is 69.7 Å². The summed E-state index contributed by atoms with van der Waals surface area (Å²) in [4.78, 5) is 15.0. The zero-order valence-electron chi connectivity index (χ0n) is 20.3. The van der Waals surface area contributed by atoms with E-state index in [9.17, 15) is 13.2 Å². The molecular formula is C25H37N5O3S. The molecule has 0 unspecified atom stereocenters. The van der Waals surface area contributed by atoms with Crippen molar-refractivity contribution in [2.75, 3.05) is 13.1 Å². The number of aryl methyl sites for hydroxylation is 1. The van der Waals surface area contributed by atoms with Crippen LogP contribution in [0.4, 0.5) is 0 Å². The number of nitrogens with zero attached hydrogens (tertiary/aromatic N) is 3. The Morgan fingerprint density at radius 1 is 1.06 bits per heavy atom. The lowest BCUT2D eigenvalue weighted by molar-refractivity contribution is -0.123. The van der Waals surface area contributed by atoms with Crippen LogP contribution in [-0.2, 0) is 21.4 Å². The first-order valence-corrected chi connectivity index (χ1v) is 14.0. The highest BCUT2D eigenvalue weighted by atomic mass is 32.2.